The highest BCUT2D eigenvalue weighted by Crippen LogP contribution is 2.12. The number of rotatable bonds is 5. The summed E-state index contributed by atoms with van der Waals surface area (Å²) in [6, 6.07) is 8.25. The van der Waals surface area contributed by atoms with Crippen molar-refractivity contribution in [2.45, 2.75) is 25.6 Å². The quantitative estimate of drug-likeness (QED) is 0.562. The first-order valence-electron chi connectivity index (χ1n) is 4.75. The highest BCUT2D eigenvalue weighted by atomic mass is 35.5. The molecule has 0 fully saturated rings. The van der Waals surface area contributed by atoms with Gasteiger partial charge in [0.25, 0.3) is 0 Å². The molecule has 0 aromatic heterocycles. The summed E-state index contributed by atoms with van der Waals surface area (Å²) in [4.78, 5) is 0. The zero-order chi connectivity index (χ0) is 9.52. The zero-order valence-corrected chi connectivity index (χ0v) is 8.77. The van der Waals surface area contributed by atoms with Crippen LogP contribution >= 0.6 is 11.6 Å². The zero-order valence-electron chi connectivity index (χ0n) is 8.02. The van der Waals surface area contributed by atoms with Crippen molar-refractivity contribution in [3.8, 4) is 0 Å². The highest BCUT2D eigenvalue weighted by Gasteiger charge is 1.93. The van der Waals surface area contributed by atoms with Crippen LogP contribution in [0.1, 0.15) is 25.3 Å². The third kappa shape index (κ3) is 3.69. The first-order valence-corrected chi connectivity index (χ1v) is 5.29. The average molecular weight is 198 g/mol. The number of unbranched alkanes of at least 4 members (excludes halogenated alkanes) is 1. The van der Waals surface area contributed by atoms with Gasteiger partial charge in [-0.3, -0.25) is 0 Å². The van der Waals surface area contributed by atoms with Crippen LogP contribution in [0, 0.1) is 0 Å². The lowest BCUT2D eigenvalue weighted by molar-refractivity contribution is 0.834. The Morgan fingerprint density at radius 1 is 1.38 bits per heavy atom. The van der Waals surface area contributed by atoms with E-state index in [0.717, 1.165) is 6.54 Å². The third-order valence-electron chi connectivity index (χ3n) is 1.94. The molecule has 0 aliphatic rings. The van der Waals surface area contributed by atoms with Crippen LogP contribution in [-0.4, -0.2) is 6.54 Å². The van der Waals surface area contributed by atoms with Crippen LogP contribution in [0.25, 0.3) is 0 Å². The van der Waals surface area contributed by atoms with Crippen molar-refractivity contribution in [3.63, 3.8) is 0 Å². The fraction of sp³-hybridized carbons (Fsp3) is 0.455. The molecule has 0 heterocycles. The number of hydrogen-bond donors (Lipinski definition) is 1. The molecule has 0 saturated heterocycles. The predicted octanol–water partition coefficient (Wildman–Crippen LogP) is 3.64. The minimum absolute atomic E-state index is 0.587. The van der Waals surface area contributed by atoms with E-state index in [1.807, 2.05) is 12.1 Å². The summed E-state index contributed by atoms with van der Waals surface area (Å²) in [5.74, 6) is 0.587. The number of halogens is 1. The summed E-state index contributed by atoms with van der Waals surface area (Å²) in [5, 5.41) is 3.36. The van der Waals surface area contributed by atoms with Crippen LogP contribution in [0.15, 0.2) is 24.3 Å². The summed E-state index contributed by atoms with van der Waals surface area (Å²) in [6.07, 6.45) is 2.44. The van der Waals surface area contributed by atoms with Gasteiger partial charge in [-0.15, -0.1) is 11.6 Å². The van der Waals surface area contributed by atoms with Crippen LogP contribution in [0.2, 0.25) is 0 Å². The molecule has 13 heavy (non-hydrogen) atoms. The molecule has 1 aromatic rings. The Bertz CT molecular complexity index is 248. The molecule has 0 radical (unpaired) electrons. The van der Waals surface area contributed by atoms with E-state index in [0.29, 0.717) is 5.88 Å². The normalized spacial score (nSPS) is 10.0. The van der Waals surface area contributed by atoms with Crippen molar-refractivity contribution in [2.24, 2.45) is 0 Å². The molecule has 0 aliphatic heterocycles. The van der Waals surface area contributed by atoms with E-state index in [2.05, 4.69) is 24.4 Å². The first kappa shape index (κ1) is 10.4. The molecule has 1 N–H and O–H groups in total. The van der Waals surface area contributed by atoms with E-state index in [-0.39, 0.29) is 0 Å². The van der Waals surface area contributed by atoms with Gasteiger partial charge in [0.1, 0.15) is 0 Å². The molecule has 1 aromatic carbocycles. The molecule has 0 atom stereocenters. The van der Waals surface area contributed by atoms with E-state index in [1.54, 1.807) is 0 Å². The maximum absolute atomic E-state index is 5.73. The molecule has 1 nitrogen and oxygen atoms in total. The molecule has 2 heteroatoms. The van der Waals surface area contributed by atoms with E-state index < -0.39 is 0 Å². The maximum Gasteiger partial charge on any atom is 0.0474 e. The highest BCUT2D eigenvalue weighted by molar-refractivity contribution is 6.17. The Morgan fingerprint density at radius 3 is 2.92 bits per heavy atom. The number of hydrogen-bond acceptors (Lipinski definition) is 1. The predicted molar refractivity (Wildman–Crippen MR) is 59.4 cm³/mol. The molecule has 1 rings (SSSR count). The molecule has 0 unspecified atom stereocenters. The second kappa shape index (κ2) is 5.87. The lowest BCUT2D eigenvalue weighted by Gasteiger charge is -2.06. The molecule has 0 bridgehead atoms. The van der Waals surface area contributed by atoms with Gasteiger partial charge < -0.3 is 5.32 Å². The van der Waals surface area contributed by atoms with Crippen molar-refractivity contribution in [1.82, 2.24) is 0 Å². The number of nitrogens with one attached hydrogen (secondary N) is 1. The second-order valence-electron chi connectivity index (χ2n) is 3.11. The third-order valence-corrected chi connectivity index (χ3v) is 2.25. The summed E-state index contributed by atoms with van der Waals surface area (Å²) in [5.41, 5.74) is 2.34. The van der Waals surface area contributed by atoms with Gasteiger partial charge in [-0.2, -0.15) is 0 Å². The molecule has 0 amide bonds. The largest absolute Gasteiger partial charge is 0.385 e. The Hall–Kier alpha value is -0.690. The van der Waals surface area contributed by atoms with Crippen molar-refractivity contribution < 1.29 is 0 Å². The molecule has 0 spiro atoms. The fourth-order valence-electron chi connectivity index (χ4n) is 1.17. The first-order chi connectivity index (χ1) is 6.36. The summed E-state index contributed by atoms with van der Waals surface area (Å²) in [7, 11) is 0. The molecule has 72 valence electrons. The fourth-order valence-corrected chi connectivity index (χ4v) is 1.34. The van der Waals surface area contributed by atoms with Crippen molar-refractivity contribution >= 4 is 17.3 Å². The van der Waals surface area contributed by atoms with Crippen molar-refractivity contribution in [2.75, 3.05) is 11.9 Å². The Morgan fingerprint density at radius 2 is 2.23 bits per heavy atom. The molecule has 0 aliphatic carbocycles. The minimum Gasteiger partial charge on any atom is -0.385 e. The Balaban J connectivity index is 2.46. The summed E-state index contributed by atoms with van der Waals surface area (Å²) in [6.45, 7) is 3.24. The van der Waals surface area contributed by atoms with Crippen LogP contribution in [-0.2, 0) is 5.88 Å². The van der Waals surface area contributed by atoms with Gasteiger partial charge in [0.15, 0.2) is 0 Å². The summed E-state index contributed by atoms with van der Waals surface area (Å²) < 4.78 is 0. The lowest BCUT2D eigenvalue weighted by Crippen LogP contribution is -2.00. The van der Waals surface area contributed by atoms with E-state index in [1.165, 1.54) is 24.1 Å². The Kier molecular flexibility index (Phi) is 4.69. The Labute approximate surface area is 85.1 Å². The lowest BCUT2D eigenvalue weighted by atomic mass is 10.2. The molecular formula is C11H16ClN. The smallest absolute Gasteiger partial charge is 0.0474 e. The topological polar surface area (TPSA) is 12.0 Å². The van der Waals surface area contributed by atoms with Gasteiger partial charge in [-0.1, -0.05) is 25.5 Å². The van der Waals surface area contributed by atoms with Crippen LogP contribution in [0.5, 0.6) is 0 Å². The molecular weight excluding hydrogens is 182 g/mol. The van der Waals surface area contributed by atoms with Crippen molar-refractivity contribution in [3.05, 3.63) is 29.8 Å². The number of benzene rings is 1. The van der Waals surface area contributed by atoms with E-state index in [4.69, 9.17) is 11.6 Å². The second-order valence-corrected chi connectivity index (χ2v) is 3.38. The van der Waals surface area contributed by atoms with Crippen molar-refractivity contribution in [1.29, 1.82) is 0 Å². The van der Waals surface area contributed by atoms with Crippen LogP contribution < -0.4 is 5.32 Å². The summed E-state index contributed by atoms with van der Waals surface area (Å²) >= 11 is 5.73. The van der Waals surface area contributed by atoms with Gasteiger partial charge in [-0.25, -0.2) is 0 Å². The number of anilines is 1. The van der Waals surface area contributed by atoms with E-state index in [9.17, 15) is 0 Å². The van der Waals surface area contributed by atoms with E-state index >= 15 is 0 Å². The standard InChI is InChI=1S/C11H16ClN/c1-2-3-7-13-11-6-4-5-10(8-11)9-12/h4-6,8,13H,2-3,7,9H2,1H3. The van der Waals surface area contributed by atoms with Gasteiger partial charge in [-0.05, 0) is 24.1 Å². The van der Waals surface area contributed by atoms with Crippen LogP contribution in [0.4, 0.5) is 5.69 Å². The minimum atomic E-state index is 0.587. The average Bonchev–Trinajstić information content (AvgIpc) is 2.19. The SMILES string of the molecule is CCCCNc1cccc(CCl)c1. The van der Waals surface area contributed by atoms with Gasteiger partial charge in [0.05, 0.1) is 0 Å². The van der Waals surface area contributed by atoms with Gasteiger partial charge in [0, 0.05) is 18.1 Å². The molecule has 0 saturated carbocycles. The maximum atomic E-state index is 5.73. The van der Waals surface area contributed by atoms with Crippen LogP contribution in [0.3, 0.4) is 0 Å². The monoisotopic (exact) mass is 197 g/mol. The van der Waals surface area contributed by atoms with Gasteiger partial charge >= 0.3 is 0 Å². The number of alkyl halides is 1. The van der Waals surface area contributed by atoms with Gasteiger partial charge in [0.2, 0.25) is 0 Å².